The van der Waals surface area contributed by atoms with Gasteiger partial charge in [0.05, 0.1) is 19.1 Å². The van der Waals surface area contributed by atoms with Gasteiger partial charge in [0, 0.05) is 25.7 Å². The third-order valence-corrected chi connectivity index (χ3v) is 3.20. The lowest BCUT2D eigenvalue weighted by atomic mass is 10.2. The van der Waals surface area contributed by atoms with Gasteiger partial charge in [-0.1, -0.05) is 0 Å². The number of amides is 1. The molecule has 106 valence electrons. The average Bonchev–Trinajstić information content (AvgIpc) is 2.79. The first-order valence-electron chi connectivity index (χ1n) is 6.70. The number of fused-ring (bicyclic) bond motifs is 1. The average molecular weight is 275 g/mol. The van der Waals surface area contributed by atoms with E-state index in [1.54, 1.807) is 6.92 Å². The Morgan fingerprint density at radius 1 is 1.55 bits per heavy atom. The normalized spacial score (nSPS) is 19.1. The van der Waals surface area contributed by atoms with E-state index in [1.165, 1.54) is 0 Å². The van der Waals surface area contributed by atoms with E-state index in [0.717, 1.165) is 29.9 Å². The summed E-state index contributed by atoms with van der Waals surface area (Å²) in [7, 11) is 0. The number of anilines is 1. The zero-order valence-electron chi connectivity index (χ0n) is 11.3. The summed E-state index contributed by atoms with van der Waals surface area (Å²) in [4.78, 5) is 16.2. The molecule has 1 amide bonds. The van der Waals surface area contributed by atoms with Crippen molar-refractivity contribution in [2.75, 3.05) is 25.0 Å². The molecule has 0 saturated carbocycles. The quantitative estimate of drug-likeness (QED) is 0.886. The maximum atomic E-state index is 12.0. The summed E-state index contributed by atoms with van der Waals surface area (Å²) in [5.74, 6) is 0.559. The number of benzene rings is 1. The highest BCUT2D eigenvalue weighted by Crippen LogP contribution is 2.20. The third-order valence-electron chi connectivity index (χ3n) is 3.20. The van der Waals surface area contributed by atoms with Gasteiger partial charge in [-0.3, -0.25) is 4.79 Å². The molecule has 1 aliphatic rings. The molecule has 0 bridgehead atoms. The number of hydrogen-bond donors (Lipinski definition) is 2. The topological polar surface area (TPSA) is 76.4 Å². The summed E-state index contributed by atoms with van der Waals surface area (Å²) >= 11 is 0. The van der Waals surface area contributed by atoms with E-state index in [-0.39, 0.29) is 12.0 Å². The zero-order chi connectivity index (χ0) is 13.9. The van der Waals surface area contributed by atoms with Gasteiger partial charge in [-0.15, -0.1) is 0 Å². The van der Waals surface area contributed by atoms with Gasteiger partial charge >= 0.3 is 0 Å². The molecule has 6 heteroatoms. The molecule has 1 aromatic heterocycles. The number of aryl methyl sites for hydroxylation is 1. The molecule has 0 spiro atoms. The lowest BCUT2D eigenvalue weighted by molar-refractivity contribution is -0.119. The van der Waals surface area contributed by atoms with Crippen LogP contribution < -0.4 is 10.6 Å². The molecule has 20 heavy (non-hydrogen) atoms. The highest BCUT2D eigenvalue weighted by atomic mass is 16.5. The molecule has 1 saturated heterocycles. The second-order valence-electron chi connectivity index (χ2n) is 4.86. The largest absolute Gasteiger partial charge is 0.441 e. The summed E-state index contributed by atoms with van der Waals surface area (Å²) in [6.07, 6.45) is 0.296. The standard InChI is InChI=1S/C14H17N3O3/c1-9-16-12-6-10(2-3-13(12)20-9)17-14(18)7-11-8-15-4-5-19-11/h2-3,6,11,15H,4-5,7-8H2,1H3,(H,17,18). The predicted molar refractivity (Wildman–Crippen MR) is 74.6 cm³/mol. The summed E-state index contributed by atoms with van der Waals surface area (Å²) in [5, 5.41) is 6.07. The molecule has 0 radical (unpaired) electrons. The second kappa shape index (κ2) is 5.60. The molecule has 1 unspecified atom stereocenters. The van der Waals surface area contributed by atoms with E-state index >= 15 is 0 Å². The smallest absolute Gasteiger partial charge is 0.227 e. The molecular formula is C14H17N3O3. The van der Waals surface area contributed by atoms with E-state index in [9.17, 15) is 4.79 Å². The fourth-order valence-electron chi connectivity index (χ4n) is 2.29. The Hall–Kier alpha value is -1.92. The number of morpholine rings is 1. The van der Waals surface area contributed by atoms with Crippen molar-refractivity contribution in [3.63, 3.8) is 0 Å². The number of carbonyl (C=O) groups is 1. The first kappa shape index (κ1) is 13.1. The van der Waals surface area contributed by atoms with Gasteiger partial charge in [-0.05, 0) is 18.2 Å². The third kappa shape index (κ3) is 2.97. The van der Waals surface area contributed by atoms with E-state index < -0.39 is 0 Å². The van der Waals surface area contributed by atoms with Crippen molar-refractivity contribution in [2.24, 2.45) is 0 Å². The Morgan fingerprint density at radius 2 is 2.45 bits per heavy atom. The molecule has 6 nitrogen and oxygen atoms in total. The van der Waals surface area contributed by atoms with Crippen LogP contribution in [0.4, 0.5) is 5.69 Å². The number of carbonyl (C=O) groups excluding carboxylic acids is 1. The van der Waals surface area contributed by atoms with Crippen molar-refractivity contribution in [1.82, 2.24) is 10.3 Å². The number of nitrogens with one attached hydrogen (secondary N) is 2. The minimum Gasteiger partial charge on any atom is -0.441 e. The van der Waals surface area contributed by atoms with Crippen LogP contribution in [0.5, 0.6) is 0 Å². The summed E-state index contributed by atoms with van der Waals surface area (Å²) in [5.41, 5.74) is 2.19. The van der Waals surface area contributed by atoms with Crippen LogP contribution in [0.25, 0.3) is 11.1 Å². The number of ether oxygens (including phenoxy) is 1. The number of aromatic nitrogens is 1. The van der Waals surface area contributed by atoms with Gasteiger partial charge in [0.25, 0.3) is 0 Å². The Morgan fingerprint density at radius 3 is 3.25 bits per heavy atom. The van der Waals surface area contributed by atoms with Crippen molar-refractivity contribution < 1.29 is 13.9 Å². The molecular weight excluding hydrogens is 258 g/mol. The van der Waals surface area contributed by atoms with Crippen molar-refractivity contribution in [2.45, 2.75) is 19.4 Å². The fraction of sp³-hybridized carbons (Fsp3) is 0.429. The number of oxazole rings is 1. The molecule has 1 aromatic carbocycles. The van der Waals surface area contributed by atoms with Crippen LogP contribution in [-0.4, -0.2) is 36.7 Å². The van der Waals surface area contributed by atoms with Crippen molar-refractivity contribution in [1.29, 1.82) is 0 Å². The van der Waals surface area contributed by atoms with Crippen LogP contribution >= 0.6 is 0 Å². The molecule has 3 rings (SSSR count). The highest BCUT2D eigenvalue weighted by Gasteiger charge is 2.17. The van der Waals surface area contributed by atoms with Crippen LogP contribution in [0.2, 0.25) is 0 Å². The highest BCUT2D eigenvalue weighted by molar-refractivity contribution is 5.93. The molecule has 1 aliphatic heterocycles. The lowest BCUT2D eigenvalue weighted by Gasteiger charge is -2.23. The molecule has 2 heterocycles. The lowest BCUT2D eigenvalue weighted by Crippen LogP contribution is -2.40. The first-order chi connectivity index (χ1) is 9.70. The molecule has 1 fully saturated rings. The van der Waals surface area contributed by atoms with Crippen LogP contribution in [0, 0.1) is 6.92 Å². The number of nitrogens with zero attached hydrogens (tertiary/aromatic N) is 1. The van der Waals surface area contributed by atoms with Gasteiger partial charge in [0.1, 0.15) is 5.52 Å². The molecule has 0 aliphatic carbocycles. The predicted octanol–water partition coefficient (Wildman–Crippen LogP) is 1.45. The molecule has 2 aromatic rings. The van der Waals surface area contributed by atoms with Crippen LogP contribution in [0.1, 0.15) is 12.3 Å². The van der Waals surface area contributed by atoms with E-state index in [4.69, 9.17) is 9.15 Å². The van der Waals surface area contributed by atoms with E-state index in [0.29, 0.717) is 18.9 Å². The molecule has 2 N–H and O–H groups in total. The SMILES string of the molecule is Cc1nc2cc(NC(=O)CC3CNCCO3)ccc2o1. The minimum atomic E-state index is -0.0572. The Balaban J connectivity index is 1.64. The van der Waals surface area contributed by atoms with Crippen molar-refractivity contribution in [3.05, 3.63) is 24.1 Å². The van der Waals surface area contributed by atoms with E-state index in [2.05, 4.69) is 15.6 Å². The van der Waals surface area contributed by atoms with Crippen LogP contribution in [0.15, 0.2) is 22.6 Å². The van der Waals surface area contributed by atoms with Crippen LogP contribution in [-0.2, 0) is 9.53 Å². The van der Waals surface area contributed by atoms with Gasteiger partial charge in [-0.2, -0.15) is 0 Å². The van der Waals surface area contributed by atoms with Crippen molar-refractivity contribution >= 4 is 22.7 Å². The summed E-state index contributed by atoms with van der Waals surface area (Å²) in [6, 6.07) is 5.43. The van der Waals surface area contributed by atoms with Crippen molar-refractivity contribution in [3.8, 4) is 0 Å². The van der Waals surface area contributed by atoms with Gasteiger partial charge < -0.3 is 19.8 Å². The molecule has 1 atom stereocenters. The monoisotopic (exact) mass is 275 g/mol. The van der Waals surface area contributed by atoms with Gasteiger partial charge in [0.2, 0.25) is 5.91 Å². The summed E-state index contributed by atoms with van der Waals surface area (Å²) < 4.78 is 10.9. The Labute approximate surface area is 116 Å². The number of hydrogen-bond acceptors (Lipinski definition) is 5. The summed E-state index contributed by atoms with van der Waals surface area (Å²) in [6.45, 7) is 4.02. The number of rotatable bonds is 3. The minimum absolute atomic E-state index is 0.0539. The Kier molecular flexibility index (Phi) is 3.66. The first-order valence-corrected chi connectivity index (χ1v) is 6.70. The van der Waals surface area contributed by atoms with Crippen LogP contribution in [0.3, 0.4) is 0 Å². The second-order valence-corrected chi connectivity index (χ2v) is 4.86. The maximum Gasteiger partial charge on any atom is 0.227 e. The van der Waals surface area contributed by atoms with Gasteiger partial charge in [-0.25, -0.2) is 4.98 Å². The van der Waals surface area contributed by atoms with E-state index in [1.807, 2.05) is 18.2 Å². The maximum absolute atomic E-state index is 12.0. The Bertz CT molecular complexity index is 617. The van der Waals surface area contributed by atoms with Gasteiger partial charge in [0.15, 0.2) is 11.5 Å². The zero-order valence-corrected chi connectivity index (χ0v) is 11.3. The fourth-order valence-corrected chi connectivity index (χ4v) is 2.29.